The molecule has 3 heteroatoms. The van der Waals surface area contributed by atoms with Crippen LogP contribution in [0.2, 0.25) is 0 Å². The van der Waals surface area contributed by atoms with E-state index < -0.39 is 0 Å². The third kappa shape index (κ3) is 3.38. The molecule has 2 aromatic rings. The van der Waals surface area contributed by atoms with Gasteiger partial charge < -0.3 is 10.1 Å². The van der Waals surface area contributed by atoms with Crippen LogP contribution >= 0.6 is 0 Å². The zero-order chi connectivity index (χ0) is 14.4. The van der Waals surface area contributed by atoms with Gasteiger partial charge in [0.05, 0.1) is 13.0 Å². The maximum absolute atomic E-state index is 12.4. The van der Waals surface area contributed by atoms with E-state index in [0.29, 0.717) is 0 Å². The Balaban J connectivity index is 2.13. The summed E-state index contributed by atoms with van der Waals surface area (Å²) in [6.45, 7) is 2.02. The Labute approximate surface area is 119 Å². The zero-order valence-electron chi connectivity index (χ0n) is 11.8. The van der Waals surface area contributed by atoms with Gasteiger partial charge in [-0.1, -0.05) is 43.3 Å². The van der Waals surface area contributed by atoms with Crippen molar-refractivity contribution in [2.75, 3.05) is 12.4 Å². The van der Waals surface area contributed by atoms with Gasteiger partial charge in [-0.3, -0.25) is 4.79 Å². The van der Waals surface area contributed by atoms with Gasteiger partial charge in [-0.25, -0.2) is 0 Å². The van der Waals surface area contributed by atoms with Crippen molar-refractivity contribution in [2.45, 2.75) is 19.3 Å². The minimum absolute atomic E-state index is 0.00644. The lowest BCUT2D eigenvalue weighted by atomic mass is 9.95. The molecule has 0 unspecified atom stereocenters. The number of carbonyl (C=O) groups is 1. The summed E-state index contributed by atoms with van der Waals surface area (Å²) in [7, 11) is 1.61. The molecule has 0 spiro atoms. The van der Waals surface area contributed by atoms with Gasteiger partial charge in [-0.2, -0.15) is 0 Å². The predicted molar refractivity (Wildman–Crippen MR) is 81.1 cm³/mol. The lowest BCUT2D eigenvalue weighted by molar-refractivity contribution is -0.117. The molecule has 0 aliphatic rings. The first kappa shape index (κ1) is 14.1. The Kier molecular flexibility index (Phi) is 4.77. The Bertz CT molecular complexity index is 566. The van der Waals surface area contributed by atoms with Gasteiger partial charge in [-0.05, 0) is 24.1 Å². The first-order valence-electron chi connectivity index (χ1n) is 6.74. The summed E-state index contributed by atoms with van der Waals surface area (Å²) >= 11 is 0. The summed E-state index contributed by atoms with van der Waals surface area (Å²) in [6.07, 6.45) is 0.764. The molecule has 0 heterocycles. The van der Waals surface area contributed by atoms with Crippen LogP contribution in [0.3, 0.4) is 0 Å². The molecule has 2 rings (SSSR count). The van der Waals surface area contributed by atoms with Crippen molar-refractivity contribution in [1.82, 2.24) is 0 Å². The normalized spacial score (nSPS) is 11.7. The first-order valence-corrected chi connectivity index (χ1v) is 6.74. The molecule has 3 nitrogen and oxygen atoms in total. The summed E-state index contributed by atoms with van der Waals surface area (Å²) in [5.41, 5.74) is 1.79. The number of carbonyl (C=O) groups excluding carboxylic acids is 1. The highest BCUT2D eigenvalue weighted by atomic mass is 16.5. The summed E-state index contributed by atoms with van der Waals surface area (Å²) in [4.78, 5) is 12.4. The molecule has 0 aromatic heterocycles. The molecular weight excluding hydrogens is 250 g/mol. The number of methoxy groups -OCH3 is 1. The number of anilines is 1. The van der Waals surface area contributed by atoms with Gasteiger partial charge >= 0.3 is 0 Å². The second kappa shape index (κ2) is 6.75. The molecule has 0 bridgehead atoms. The maximum Gasteiger partial charge on any atom is 0.231 e. The number of benzene rings is 2. The molecule has 1 atom stereocenters. The van der Waals surface area contributed by atoms with Crippen LogP contribution in [0.5, 0.6) is 5.75 Å². The highest BCUT2D eigenvalue weighted by molar-refractivity contribution is 5.95. The van der Waals surface area contributed by atoms with E-state index in [0.717, 1.165) is 23.4 Å². The third-order valence-corrected chi connectivity index (χ3v) is 3.26. The molecule has 1 N–H and O–H groups in total. The fraction of sp³-hybridized carbons (Fsp3) is 0.235. The van der Waals surface area contributed by atoms with Crippen LogP contribution in [0.25, 0.3) is 0 Å². The molecule has 1 amide bonds. The Morgan fingerprint density at radius 2 is 1.90 bits per heavy atom. The molecular formula is C17H19NO2. The maximum atomic E-state index is 12.4. The monoisotopic (exact) mass is 269 g/mol. The SMILES string of the molecule is CC[C@H](C(=O)Nc1cccc(OC)c1)c1ccccc1. The van der Waals surface area contributed by atoms with Crippen LogP contribution in [0, 0.1) is 0 Å². The van der Waals surface area contributed by atoms with Crippen molar-refractivity contribution in [2.24, 2.45) is 0 Å². The van der Waals surface area contributed by atoms with Crippen molar-refractivity contribution in [1.29, 1.82) is 0 Å². The molecule has 0 fully saturated rings. The molecule has 0 saturated carbocycles. The molecule has 0 saturated heterocycles. The quantitative estimate of drug-likeness (QED) is 0.896. The number of amides is 1. The summed E-state index contributed by atoms with van der Waals surface area (Å²) in [6, 6.07) is 17.2. The zero-order valence-corrected chi connectivity index (χ0v) is 11.8. The van der Waals surface area contributed by atoms with E-state index in [1.54, 1.807) is 7.11 Å². The Morgan fingerprint density at radius 1 is 1.15 bits per heavy atom. The van der Waals surface area contributed by atoms with Crippen molar-refractivity contribution in [3.05, 3.63) is 60.2 Å². The number of nitrogens with one attached hydrogen (secondary N) is 1. The summed E-state index contributed by atoms with van der Waals surface area (Å²) < 4.78 is 5.16. The van der Waals surface area contributed by atoms with Crippen LogP contribution < -0.4 is 10.1 Å². The predicted octanol–water partition coefficient (Wildman–Crippen LogP) is 3.83. The van der Waals surface area contributed by atoms with E-state index in [1.165, 1.54) is 0 Å². The highest BCUT2D eigenvalue weighted by Crippen LogP contribution is 2.23. The first-order chi connectivity index (χ1) is 9.74. The summed E-state index contributed by atoms with van der Waals surface area (Å²) in [5, 5.41) is 2.95. The van der Waals surface area contributed by atoms with Crippen LogP contribution in [0.15, 0.2) is 54.6 Å². The average Bonchev–Trinajstić information content (AvgIpc) is 2.49. The van der Waals surface area contributed by atoms with Crippen molar-refractivity contribution < 1.29 is 9.53 Å². The number of hydrogen-bond acceptors (Lipinski definition) is 2. The van der Waals surface area contributed by atoms with Crippen LogP contribution in [-0.2, 0) is 4.79 Å². The largest absolute Gasteiger partial charge is 0.497 e. The smallest absolute Gasteiger partial charge is 0.231 e. The van der Waals surface area contributed by atoms with Gasteiger partial charge in [0.25, 0.3) is 0 Å². The van der Waals surface area contributed by atoms with E-state index >= 15 is 0 Å². The van der Waals surface area contributed by atoms with Crippen LogP contribution in [0.4, 0.5) is 5.69 Å². The number of hydrogen-bond donors (Lipinski definition) is 1. The van der Waals surface area contributed by atoms with E-state index in [1.807, 2.05) is 61.5 Å². The van der Waals surface area contributed by atoms with Gasteiger partial charge in [-0.15, -0.1) is 0 Å². The Hall–Kier alpha value is -2.29. The number of ether oxygens (including phenoxy) is 1. The van der Waals surface area contributed by atoms with Crippen LogP contribution in [0.1, 0.15) is 24.8 Å². The van der Waals surface area contributed by atoms with Gasteiger partial charge in [0.1, 0.15) is 5.75 Å². The van der Waals surface area contributed by atoms with Crippen LogP contribution in [-0.4, -0.2) is 13.0 Å². The Morgan fingerprint density at radius 3 is 2.55 bits per heavy atom. The minimum atomic E-state index is -0.137. The van der Waals surface area contributed by atoms with Gasteiger partial charge in [0.15, 0.2) is 0 Å². The van der Waals surface area contributed by atoms with E-state index in [4.69, 9.17) is 4.74 Å². The molecule has 0 radical (unpaired) electrons. The van der Waals surface area contributed by atoms with Crippen molar-refractivity contribution in [3.8, 4) is 5.75 Å². The standard InChI is InChI=1S/C17H19NO2/c1-3-16(13-8-5-4-6-9-13)17(19)18-14-10-7-11-15(12-14)20-2/h4-12,16H,3H2,1-2H3,(H,18,19)/t16-/m0/s1. The minimum Gasteiger partial charge on any atom is -0.497 e. The fourth-order valence-corrected chi connectivity index (χ4v) is 2.19. The molecule has 2 aromatic carbocycles. The molecule has 0 aliphatic carbocycles. The second-order valence-electron chi connectivity index (χ2n) is 4.59. The lowest BCUT2D eigenvalue weighted by Gasteiger charge is -2.15. The second-order valence-corrected chi connectivity index (χ2v) is 4.59. The van der Waals surface area contributed by atoms with Gasteiger partial charge in [0.2, 0.25) is 5.91 Å². The van der Waals surface area contributed by atoms with E-state index in [2.05, 4.69) is 5.32 Å². The fourth-order valence-electron chi connectivity index (χ4n) is 2.19. The number of rotatable bonds is 5. The van der Waals surface area contributed by atoms with Gasteiger partial charge in [0, 0.05) is 11.8 Å². The van der Waals surface area contributed by atoms with Crippen molar-refractivity contribution in [3.63, 3.8) is 0 Å². The van der Waals surface area contributed by atoms with Crippen molar-refractivity contribution >= 4 is 11.6 Å². The third-order valence-electron chi connectivity index (χ3n) is 3.26. The average molecular weight is 269 g/mol. The highest BCUT2D eigenvalue weighted by Gasteiger charge is 2.18. The van der Waals surface area contributed by atoms with E-state index in [9.17, 15) is 4.79 Å². The molecule has 104 valence electrons. The van der Waals surface area contributed by atoms with E-state index in [-0.39, 0.29) is 11.8 Å². The topological polar surface area (TPSA) is 38.3 Å². The molecule has 0 aliphatic heterocycles. The molecule has 20 heavy (non-hydrogen) atoms. The lowest BCUT2D eigenvalue weighted by Crippen LogP contribution is -2.20. The summed E-state index contributed by atoms with van der Waals surface area (Å²) in [5.74, 6) is 0.602.